The smallest absolute Gasteiger partial charge is 0.218 e. The molecule has 0 spiro atoms. The van der Waals surface area contributed by atoms with Gasteiger partial charge in [0.25, 0.3) is 0 Å². The van der Waals surface area contributed by atoms with Crippen LogP contribution in [0, 0.1) is 40.2 Å². The molecule has 0 amide bonds. The van der Waals surface area contributed by atoms with Gasteiger partial charge in [0.15, 0.2) is 11.6 Å². The molecule has 6 rings (SSSR count). The number of hydrogen-bond donors (Lipinski definition) is 3. The number of aliphatic hydroxyl groups excluding tert-OH is 1. The first-order chi connectivity index (χ1) is 16.5. The van der Waals surface area contributed by atoms with Crippen molar-refractivity contribution in [3.05, 3.63) is 52.9 Å². The summed E-state index contributed by atoms with van der Waals surface area (Å²) in [5.41, 5.74) is 1.09. The van der Waals surface area contributed by atoms with E-state index in [0.29, 0.717) is 24.9 Å². The summed E-state index contributed by atoms with van der Waals surface area (Å²) in [6.45, 7) is 4.17. The number of carbonyl (C=O) groups is 1. The molecule has 1 aromatic heterocycles. The van der Waals surface area contributed by atoms with Gasteiger partial charge in [-0.1, -0.05) is 19.4 Å². The van der Waals surface area contributed by atoms with Gasteiger partial charge in [-0.2, -0.15) is 5.10 Å². The molecule has 0 aliphatic heterocycles. The molecule has 7 atom stereocenters. The number of carbonyl (C=O) groups excluding carboxylic acids is 1. The highest BCUT2D eigenvalue weighted by Gasteiger charge is 2.68. The van der Waals surface area contributed by atoms with Gasteiger partial charge in [-0.3, -0.25) is 4.79 Å². The first-order valence-electron chi connectivity index (χ1n) is 12.4. The summed E-state index contributed by atoms with van der Waals surface area (Å²) in [7, 11) is 0. The Labute approximate surface area is 208 Å². The van der Waals surface area contributed by atoms with E-state index in [2.05, 4.69) is 30.7 Å². The predicted octanol–water partition coefficient (Wildman–Crippen LogP) is 4.49. The van der Waals surface area contributed by atoms with E-state index in [1.807, 2.05) is 6.92 Å². The van der Waals surface area contributed by atoms with Crippen LogP contribution in [0.4, 0.5) is 8.78 Å². The number of nitrogens with zero attached hydrogens (tertiary/aromatic N) is 2. The van der Waals surface area contributed by atoms with Crippen LogP contribution in [-0.2, 0) is 11.2 Å². The highest BCUT2D eigenvalue weighted by atomic mass is 32.1. The van der Waals surface area contributed by atoms with E-state index in [9.17, 15) is 23.8 Å². The second-order valence-electron chi connectivity index (χ2n) is 11.6. The van der Waals surface area contributed by atoms with Gasteiger partial charge in [0.05, 0.1) is 23.7 Å². The Balaban J connectivity index is 1.38. The van der Waals surface area contributed by atoms with Gasteiger partial charge in [0, 0.05) is 11.5 Å². The second kappa shape index (κ2) is 7.49. The van der Waals surface area contributed by atoms with Crippen LogP contribution in [0.2, 0.25) is 0 Å². The number of halogens is 2. The Morgan fingerprint density at radius 3 is 2.71 bits per heavy atom. The fourth-order valence-corrected chi connectivity index (χ4v) is 8.73. The Morgan fingerprint density at radius 1 is 1.23 bits per heavy atom. The quantitative estimate of drug-likeness (QED) is 0.531. The molecule has 3 saturated carbocycles. The van der Waals surface area contributed by atoms with Crippen molar-refractivity contribution in [2.75, 3.05) is 0 Å². The second-order valence-corrected chi connectivity index (χ2v) is 12.0. The molecule has 1 aromatic carbocycles. The topological polar surface area (TPSA) is 75.3 Å². The zero-order valence-corrected chi connectivity index (χ0v) is 20.7. The minimum Gasteiger partial charge on any atom is -0.393 e. The fraction of sp³-hybridized carbons (Fsp3) is 0.556. The summed E-state index contributed by atoms with van der Waals surface area (Å²) in [6.07, 6.45) is 7.15. The largest absolute Gasteiger partial charge is 0.393 e. The van der Waals surface area contributed by atoms with E-state index >= 15 is 0 Å². The third-order valence-electron chi connectivity index (χ3n) is 10.1. The number of aliphatic hydroxyl groups is 2. The fourth-order valence-electron chi connectivity index (χ4n) is 8.36. The monoisotopic (exact) mass is 500 g/mol. The molecule has 0 saturated heterocycles. The molecule has 2 aromatic rings. The van der Waals surface area contributed by atoms with Gasteiger partial charge in [0.2, 0.25) is 5.12 Å². The van der Waals surface area contributed by atoms with E-state index in [1.54, 1.807) is 10.9 Å². The van der Waals surface area contributed by atoms with Crippen molar-refractivity contribution in [3.63, 3.8) is 0 Å². The molecule has 0 bridgehead atoms. The molecule has 1 heterocycles. The van der Waals surface area contributed by atoms with Crippen LogP contribution >= 0.6 is 12.6 Å². The third-order valence-corrected chi connectivity index (χ3v) is 10.4. The lowest BCUT2D eigenvalue weighted by atomic mass is 9.45. The van der Waals surface area contributed by atoms with E-state index < -0.39 is 33.9 Å². The van der Waals surface area contributed by atoms with E-state index in [4.69, 9.17) is 0 Å². The van der Waals surface area contributed by atoms with Crippen molar-refractivity contribution in [1.82, 2.24) is 9.78 Å². The standard InChI is InChI=1S/C27H30F2N2O3S/c1-25-11-14-13-30-31(16-4-6-19(28)20(29)10-16)21(14)9-15(25)3-5-17-18-7-8-27(34,24(33)35)26(18,2)12-22(32)23(17)25/h4,6,9-10,13,17-18,22-23,32,34H,3,5,7-8,11-12H2,1-2H3,(H,33,35)/t17-,18-,22-,23+,25-,26-,27-/m0/s1. The number of thiol groups is 1. The molecule has 0 radical (unpaired) electrons. The molecule has 4 aliphatic rings. The Morgan fingerprint density at radius 2 is 2.00 bits per heavy atom. The van der Waals surface area contributed by atoms with Gasteiger partial charge in [0.1, 0.15) is 5.60 Å². The SMILES string of the molecule is C[C@]12Cc3cnn(-c4ccc(F)c(F)c4)c3C=C1CC[C@@H]1[C@@H]2[C@@H](O)C[C@@]2(C)[C@H]1CC[C@]2(O)C(=O)S. The summed E-state index contributed by atoms with van der Waals surface area (Å²) in [5, 5.41) is 26.8. The zero-order valence-electron chi connectivity index (χ0n) is 19.8. The van der Waals surface area contributed by atoms with Gasteiger partial charge in [-0.25, -0.2) is 13.5 Å². The molecular weight excluding hydrogens is 470 g/mol. The average Bonchev–Trinajstić information content (AvgIpc) is 3.31. The van der Waals surface area contributed by atoms with E-state index in [1.165, 1.54) is 11.6 Å². The van der Waals surface area contributed by atoms with Gasteiger partial charge < -0.3 is 10.2 Å². The van der Waals surface area contributed by atoms with Crippen LogP contribution in [0.3, 0.4) is 0 Å². The first-order valence-corrected chi connectivity index (χ1v) is 12.8. The number of allylic oxidation sites excluding steroid dienone is 1. The van der Waals surface area contributed by atoms with Crippen molar-refractivity contribution in [3.8, 4) is 5.69 Å². The maximum absolute atomic E-state index is 13.9. The number of rotatable bonds is 2. The number of aromatic nitrogens is 2. The lowest BCUT2D eigenvalue weighted by molar-refractivity contribution is -0.173. The summed E-state index contributed by atoms with van der Waals surface area (Å²) >= 11 is 4.03. The average molecular weight is 501 g/mol. The van der Waals surface area contributed by atoms with E-state index in [0.717, 1.165) is 42.7 Å². The Kier molecular flexibility index (Phi) is 5.00. The normalized spacial score (nSPS) is 39.8. The lowest BCUT2D eigenvalue weighted by Gasteiger charge is -2.60. The van der Waals surface area contributed by atoms with Crippen molar-refractivity contribution in [2.24, 2.45) is 28.6 Å². The van der Waals surface area contributed by atoms with Gasteiger partial charge in [-0.15, -0.1) is 12.6 Å². The van der Waals surface area contributed by atoms with Crippen LogP contribution in [0.5, 0.6) is 0 Å². The van der Waals surface area contributed by atoms with Gasteiger partial charge in [-0.05, 0) is 85.5 Å². The maximum atomic E-state index is 13.9. The summed E-state index contributed by atoms with van der Waals surface area (Å²) in [4.78, 5) is 12.4. The van der Waals surface area contributed by atoms with E-state index in [-0.39, 0.29) is 23.2 Å². The Bertz CT molecular complexity index is 1280. The van der Waals surface area contributed by atoms with Crippen molar-refractivity contribution >= 4 is 23.8 Å². The van der Waals surface area contributed by atoms with Crippen molar-refractivity contribution in [1.29, 1.82) is 0 Å². The van der Waals surface area contributed by atoms with Crippen LogP contribution in [0.15, 0.2) is 30.0 Å². The lowest BCUT2D eigenvalue weighted by Crippen LogP contribution is -2.61. The highest BCUT2D eigenvalue weighted by Crippen LogP contribution is 2.67. The minimum atomic E-state index is -1.50. The third kappa shape index (κ3) is 2.99. The molecule has 186 valence electrons. The Hall–Kier alpha value is -2.03. The maximum Gasteiger partial charge on any atom is 0.218 e. The van der Waals surface area contributed by atoms with Gasteiger partial charge >= 0.3 is 0 Å². The molecule has 3 fully saturated rings. The molecule has 2 N–H and O–H groups in total. The zero-order chi connectivity index (χ0) is 24.9. The minimum absolute atomic E-state index is 0.00212. The van der Waals surface area contributed by atoms with Crippen LogP contribution in [-0.4, -0.2) is 36.8 Å². The number of fused-ring (bicyclic) bond motifs is 6. The van der Waals surface area contributed by atoms with Crippen LogP contribution in [0.25, 0.3) is 11.8 Å². The number of benzene rings is 1. The van der Waals surface area contributed by atoms with Crippen LogP contribution in [0.1, 0.15) is 57.2 Å². The predicted molar refractivity (Wildman–Crippen MR) is 130 cm³/mol. The summed E-state index contributed by atoms with van der Waals surface area (Å²) in [5.74, 6) is -1.48. The highest BCUT2D eigenvalue weighted by molar-refractivity contribution is 7.96. The van der Waals surface area contributed by atoms with Crippen LogP contribution < -0.4 is 0 Å². The molecule has 4 aliphatic carbocycles. The number of hydrogen-bond acceptors (Lipinski definition) is 4. The summed E-state index contributed by atoms with van der Waals surface area (Å²) in [6, 6.07) is 3.78. The first kappa shape index (κ1) is 23.4. The molecule has 0 unspecified atom stereocenters. The summed E-state index contributed by atoms with van der Waals surface area (Å²) < 4.78 is 29.0. The molecular formula is C27H30F2N2O3S. The molecule has 5 nitrogen and oxygen atoms in total. The molecule has 8 heteroatoms. The van der Waals surface area contributed by atoms with Crippen molar-refractivity contribution < 1.29 is 23.8 Å². The van der Waals surface area contributed by atoms with Crippen molar-refractivity contribution in [2.45, 2.75) is 64.1 Å². The molecule has 35 heavy (non-hydrogen) atoms.